The molecule has 1 atom stereocenters. The van der Waals surface area contributed by atoms with E-state index in [2.05, 4.69) is 18.7 Å². The Balaban J connectivity index is 1.71. The molecule has 162 valence electrons. The molecule has 32 heavy (non-hydrogen) atoms. The number of hydrogen-bond acceptors (Lipinski definition) is 4. The zero-order chi connectivity index (χ0) is 22.2. The molecular formula is C27H26N2O3. The summed E-state index contributed by atoms with van der Waals surface area (Å²) in [5, 5.41) is 2.34. The number of benzene rings is 3. The third-order valence-corrected chi connectivity index (χ3v) is 6.52. The summed E-state index contributed by atoms with van der Waals surface area (Å²) >= 11 is 0. The minimum atomic E-state index is -0.443. The Hall–Kier alpha value is -3.44. The Kier molecular flexibility index (Phi) is 5.27. The SMILES string of the molecule is CCN(CC)CCN1C(=O)c2oc3c(ccc4ccccc43)c(=O)c2C1c1ccccc1. The summed E-state index contributed by atoms with van der Waals surface area (Å²) in [7, 11) is 0. The molecule has 1 amide bonds. The molecule has 0 N–H and O–H groups in total. The molecule has 0 saturated heterocycles. The summed E-state index contributed by atoms with van der Waals surface area (Å²) in [5.41, 5.74) is 1.73. The van der Waals surface area contributed by atoms with Gasteiger partial charge in [0, 0.05) is 18.5 Å². The van der Waals surface area contributed by atoms with Gasteiger partial charge >= 0.3 is 0 Å². The lowest BCUT2D eigenvalue weighted by Gasteiger charge is -2.28. The zero-order valence-electron chi connectivity index (χ0n) is 18.4. The van der Waals surface area contributed by atoms with Crippen LogP contribution in [-0.4, -0.2) is 41.9 Å². The molecule has 0 bridgehead atoms. The summed E-state index contributed by atoms with van der Waals surface area (Å²) in [6.45, 7) is 7.32. The number of rotatable bonds is 6. The van der Waals surface area contributed by atoms with Gasteiger partial charge in [0.1, 0.15) is 5.58 Å². The first-order valence-corrected chi connectivity index (χ1v) is 11.2. The fraction of sp³-hybridized carbons (Fsp3) is 0.259. The Morgan fingerprint density at radius 3 is 2.34 bits per heavy atom. The summed E-state index contributed by atoms with van der Waals surface area (Å²) in [6.07, 6.45) is 0. The van der Waals surface area contributed by atoms with E-state index in [0.717, 1.165) is 36.0 Å². The third-order valence-electron chi connectivity index (χ3n) is 6.52. The molecule has 5 rings (SSSR count). The van der Waals surface area contributed by atoms with Crippen molar-refractivity contribution < 1.29 is 9.21 Å². The van der Waals surface area contributed by atoms with Gasteiger partial charge < -0.3 is 14.2 Å². The second kappa shape index (κ2) is 8.24. The monoisotopic (exact) mass is 426 g/mol. The van der Waals surface area contributed by atoms with Crippen LogP contribution in [0.25, 0.3) is 21.7 Å². The smallest absolute Gasteiger partial charge is 0.290 e. The highest BCUT2D eigenvalue weighted by Crippen LogP contribution is 2.38. The van der Waals surface area contributed by atoms with Crippen molar-refractivity contribution >= 4 is 27.6 Å². The van der Waals surface area contributed by atoms with Crippen molar-refractivity contribution in [3.8, 4) is 0 Å². The number of carbonyl (C=O) groups excluding carboxylic acids is 1. The maximum absolute atomic E-state index is 13.7. The van der Waals surface area contributed by atoms with Crippen LogP contribution in [0, 0.1) is 0 Å². The first-order valence-electron chi connectivity index (χ1n) is 11.2. The normalized spacial score (nSPS) is 15.8. The van der Waals surface area contributed by atoms with Crippen LogP contribution in [0.1, 0.15) is 41.6 Å². The average molecular weight is 427 g/mol. The van der Waals surface area contributed by atoms with Gasteiger partial charge in [-0.2, -0.15) is 0 Å². The van der Waals surface area contributed by atoms with Crippen molar-refractivity contribution in [1.82, 2.24) is 9.80 Å². The molecule has 0 spiro atoms. The maximum atomic E-state index is 13.7. The molecule has 4 aromatic rings. The van der Waals surface area contributed by atoms with Gasteiger partial charge in [0.15, 0.2) is 5.43 Å². The van der Waals surface area contributed by atoms with Crippen LogP contribution < -0.4 is 5.43 Å². The number of likely N-dealkylation sites (N-methyl/N-ethyl adjacent to an activating group) is 1. The highest BCUT2D eigenvalue weighted by molar-refractivity contribution is 6.06. The zero-order valence-corrected chi connectivity index (χ0v) is 18.4. The van der Waals surface area contributed by atoms with Crippen molar-refractivity contribution in [1.29, 1.82) is 0 Å². The van der Waals surface area contributed by atoms with E-state index in [1.54, 1.807) is 4.90 Å². The van der Waals surface area contributed by atoms with E-state index >= 15 is 0 Å². The first kappa shape index (κ1) is 20.5. The molecule has 0 aliphatic carbocycles. The van der Waals surface area contributed by atoms with Gasteiger partial charge in [0.2, 0.25) is 5.76 Å². The van der Waals surface area contributed by atoms with Gasteiger partial charge in [-0.15, -0.1) is 0 Å². The molecule has 0 saturated carbocycles. The predicted octanol–water partition coefficient (Wildman–Crippen LogP) is 4.83. The van der Waals surface area contributed by atoms with Crippen LogP contribution in [0.3, 0.4) is 0 Å². The second-order valence-electron chi connectivity index (χ2n) is 8.18. The number of carbonyl (C=O) groups is 1. The van der Waals surface area contributed by atoms with Crippen LogP contribution in [0.5, 0.6) is 0 Å². The van der Waals surface area contributed by atoms with Crippen molar-refractivity contribution in [3.63, 3.8) is 0 Å². The summed E-state index contributed by atoms with van der Waals surface area (Å²) in [6, 6.07) is 20.9. The number of amides is 1. The molecule has 1 aliphatic heterocycles. The Labute approximate surface area is 186 Å². The topological polar surface area (TPSA) is 53.8 Å². The lowest BCUT2D eigenvalue weighted by Crippen LogP contribution is -2.37. The lowest BCUT2D eigenvalue weighted by molar-refractivity contribution is 0.0708. The molecule has 5 nitrogen and oxygen atoms in total. The number of nitrogens with zero attached hydrogens (tertiary/aromatic N) is 2. The van der Waals surface area contributed by atoms with Crippen LogP contribution >= 0.6 is 0 Å². The highest BCUT2D eigenvalue weighted by Gasteiger charge is 2.42. The quantitative estimate of drug-likeness (QED) is 0.414. The van der Waals surface area contributed by atoms with E-state index in [1.807, 2.05) is 66.7 Å². The number of hydrogen-bond donors (Lipinski definition) is 0. The Bertz CT molecular complexity index is 1360. The molecule has 2 heterocycles. The average Bonchev–Trinajstić information content (AvgIpc) is 3.12. The highest BCUT2D eigenvalue weighted by atomic mass is 16.3. The molecular weight excluding hydrogens is 400 g/mol. The summed E-state index contributed by atoms with van der Waals surface area (Å²) in [4.78, 5) is 31.4. The van der Waals surface area contributed by atoms with E-state index in [-0.39, 0.29) is 17.1 Å². The largest absolute Gasteiger partial charge is 0.450 e. The Morgan fingerprint density at radius 1 is 0.875 bits per heavy atom. The van der Waals surface area contributed by atoms with Gasteiger partial charge in [0.25, 0.3) is 5.91 Å². The van der Waals surface area contributed by atoms with Crippen LogP contribution in [-0.2, 0) is 0 Å². The van der Waals surface area contributed by atoms with Gasteiger partial charge in [-0.1, -0.05) is 74.5 Å². The molecule has 3 aromatic carbocycles. The van der Waals surface area contributed by atoms with Gasteiger partial charge in [0.05, 0.1) is 17.0 Å². The molecule has 0 fully saturated rings. The van der Waals surface area contributed by atoms with Crippen LogP contribution in [0.2, 0.25) is 0 Å². The minimum Gasteiger partial charge on any atom is -0.450 e. The predicted molar refractivity (Wildman–Crippen MR) is 127 cm³/mol. The molecule has 0 radical (unpaired) electrons. The molecule has 1 unspecified atom stereocenters. The van der Waals surface area contributed by atoms with Crippen LogP contribution in [0.4, 0.5) is 0 Å². The summed E-state index contributed by atoms with van der Waals surface area (Å²) in [5.74, 6) is -0.0415. The van der Waals surface area contributed by atoms with E-state index in [0.29, 0.717) is 23.1 Å². The minimum absolute atomic E-state index is 0.125. The van der Waals surface area contributed by atoms with Crippen molar-refractivity contribution in [2.45, 2.75) is 19.9 Å². The van der Waals surface area contributed by atoms with E-state index in [1.165, 1.54) is 0 Å². The van der Waals surface area contributed by atoms with Crippen molar-refractivity contribution in [2.75, 3.05) is 26.2 Å². The standard InChI is InChI=1S/C27H26N2O3/c1-3-28(4-2)16-17-29-23(19-11-6-5-7-12-19)22-24(30)21-15-14-18-10-8-9-13-20(18)25(21)32-26(22)27(29)31/h5-15,23H,3-4,16-17H2,1-2H3. The van der Waals surface area contributed by atoms with Crippen molar-refractivity contribution in [3.05, 3.63) is 93.8 Å². The maximum Gasteiger partial charge on any atom is 0.290 e. The van der Waals surface area contributed by atoms with Gasteiger partial charge in [-0.25, -0.2) is 0 Å². The third kappa shape index (κ3) is 3.21. The van der Waals surface area contributed by atoms with E-state index in [4.69, 9.17) is 4.42 Å². The fourth-order valence-electron chi connectivity index (χ4n) is 4.75. The van der Waals surface area contributed by atoms with E-state index in [9.17, 15) is 9.59 Å². The van der Waals surface area contributed by atoms with E-state index < -0.39 is 6.04 Å². The molecule has 1 aromatic heterocycles. The first-order chi connectivity index (χ1) is 15.6. The van der Waals surface area contributed by atoms with Crippen LogP contribution in [0.15, 0.2) is 75.9 Å². The number of fused-ring (bicyclic) bond motifs is 4. The fourth-order valence-corrected chi connectivity index (χ4v) is 4.75. The lowest BCUT2D eigenvalue weighted by atomic mass is 9.97. The molecule has 1 aliphatic rings. The molecule has 5 heteroatoms. The van der Waals surface area contributed by atoms with Gasteiger partial charge in [-0.05, 0) is 30.1 Å². The Morgan fingerprint density at radius 2 is 1.59 bits per heavy atom. The summed E-state index contributed by atoms with van der Waals surface area (Å²) < 4.78 is 6.25. The second-order valence-corrected chi connectivity index (χ2v) is 8.18. The van der Waals surface area contributed by atoms with Gasteiger partial charge in [-0.3, -0.25) is 9.59 Å². The van der Waals surface area contributed by atoms with Crippen molar-refractivity contribution in [2.24, 2.45) is 0 Å².